The minimum atomic E-state index is -0.383. The number of benzene rings is 2. The summed E-state index contributed by atoms with van der Waals surface area (Å²) in [6.07, 6.45) is 5.76. The minimum Gasteiger partial charge on any atom is -0.469 e. The van der Waals surface area contributed by atoms with Gasteiger partial charge in [-0.2, -0.15) is 4.59 Å². The molecule has 0 aliphatic carbocycles. The lowest BCUT2D eigenvalue weighted by molar-refractivity contribution is -0.993. The number of amides is 2. The van der Waals surface area contributed by atoms with E-state index in [0.717, 1.165) is 22.7 Å². The number of hydrogen-bond acceptors (Lipinski definition) is 9. The molecule has 2 atom stereocenters. The quantitative estimate of drug-likeness (QED) is 0.156. The predicted octanol–water partition coefficient (Wildman–Crippen LogP) is 6.22. The van der Waals surface area contributed by atoms with E-state index in [1.165, 1.54) is 13.4 Å². The number of carbonyl (C=O) groups excluding carboxylic acids is 3. The Morgan fingerprint density at radius 2 is 1.96 bits per heavy atom. The highest BCUT2D eigenvalue weighted by Gasteiger charge is 2.58. The zero-order chi connectivity index (χ0) is 31.7. The van der Waals surface area contributed by atoms with Crippen molar-refractivity contribution in [3.8, 4) is 0 Å². The molecule has 10 nitrogen and oxygen atoms in total. The molecule has 2 aromatic carbocycles. The van der Waals surface area contributed by atoms with Crippen LogP contribution < -0.4 is 5.32 Å². The fraction of sp³-hybridized carbons (Fsp3) is 0.375. The molecule has 2 fully saturated rings. The number of carbonyl (C=O) groups is 3. The predicted molar refractivity (Wildman–Crippen MR) is 171 cm³/mol. The number of hydrogen-bond donors (Lipinski definition) is 1. The van der Waals surface area contributed by atoms with Gasteiger partial charge < -0.3 is 19.2 Å². The van der Waals surface area contributed by atoms with Gasteiger partial charge in [-0.1, -0.05) is 41.4 Å². The first-order chi connectivity index (χ1) is 21.7. The van der Waals surface area contributed by atoms with Gasteiger partial charge in [0.05, 0.1) is 55.4 Å². The number of halogens is 2. The molecule has 4 aromatic rings. The third-order valence-electron chi connectivity index (χ3n) is 8.70. The zero-order valence-electron chi connectivity index (χ0n) is 24.9. The van der Waals surface area contributed by atoms with Gasteiger partial charge in [-0.05, 0) is 30.2 Å². The SMILES string of the molecule is COC(=O)CCc1cnc([C@@H]2CCC[N+]2(C(=O)Cc2cc(Cl)c(NC(=O)c3coc4ccccc34)cc2Cl)N2CC(OC)C2)s1. The van der Waals surface area contributed by atoms with Crippen LogP contribution in [0.1, 0.15) is 51.1 Å². The molecule has 236 valence electrons. The molecular weight excluding hydrogens is 639 g/mol. The van der Waals surface area contributed by atoms with Crippen molar-refractivity contribution in [3.63, 3.8) is 0 Å². The Morgan fingerprint density at radius 3 is 2.73 bits per heavy atom. The molecular formula is C32H33Cl2N4O6S+. The summed E-state index contributed by atoms with van der Waals surface area (Å²) >= 11 is 14.9. The molecule has 6 rings (SSSR count). The summed E-state index contributed by atoms with van der Waals surface area (Å²) in [5.74, 6) is -0.669. The Labute approximate surface area is 274 Å². The van der Waals surface area contributed by atoms with Gasteiger partial charge in [0.15, 0.2) is 11.0 Å². The van der Waals surface area contributed by atoms with E-state index < -0.39 is 0 Å². The molecule has 1 N–H and O–H groups in total. The molecule has 0 bridgehead atoms. The topological polar surface area (TPSA) is 111 Å². The average Bonchev–Trinajstić information content (AvgIpc) is 3.76. The summed E-state index contributed by atoms with van der Waals surface area (Å²) in [6, 6.07) is 10.3. The number of quaternary nitrogens is 1. The maximum Gasteiger partial charge on any atom is 0.337 e. The summed E-state index contributed by atoms with van der Waals surface area (Å²) in [7, 11) is 3.06. The monoisotopic (exact) mass is 671 g/mol. The highest BCUT2D eigenvalue weighted by molar-refractivity contribution is 7.11. The van der Waals surface area contributed by atoms with Crippen LogP contribution >= 0.6 is 34.5 Å². The standard InChI is InChI=1S/C32H32Cl2N4O6S/c1-42-20-16-37(17-20)38(11-5-7-27(38)32-35-15-21(45-32)9-10-30(40)43-2)29(39)13-19-12-25(34)26(14-24(19)33)36-31(41)23-18-44-28-8-4-3-6-22(23)28/h3-4,6,8,12,14-15,18,20,27H,5,7,9-11,13,16-17H2,1-2H3/p+1/t27-,38?/m0/s1. The highest BCUT2D eigenvalue weighted by atomic mass is 35.5. The van der Waals surface area contributed by atoms with E-state index in [1.54, 1.807) is 42.8 Å². The summed E-state index contributed by atoms with van der Waals surface area (Å²) in [5, 5.41) is 7.15. The molecule has 2 aliphatic heterocycles. The lowest BCUT2D eigenvalue weighted by atomic mass is 10.1. The molecule has 0 spiro atoms. The van der Waals surface area contributed by atoms with Gasteiger partial charge in [-0.3, -0.25) is 9.59 Å². The van der Waals surface area contributed by atoms with Gasteiger partial charge >= 0.3 is 11.9 Å². The van der Waals surface area contributed by atoms with Crippen molar-refractivity contribution in [3.05, 3.63) is 79.9 Å². The number of fused-ring (bicyclic) bond motifs is 1. The summed E-state index contributed by atoms with van der Waals surface area (Å²) in [6.45, 7) is 1.89. The number of aryl methyl sites for hydroxylation is 1. The first-order valence-electron chi connectivity index (χ1n) is 14.7. The number of para-hydroxylation sites is 1. The van der Waals surface area contributed by atoms with E-state index in [-0.39, 0.29) is 52.4 Å². The van der Waals surface area contributed by atoms with E-state index in [4.69, 9.17) is 42.1 Å². The first kappa shape index (κ1) is 31.7. The maximum atomic E-state index is 14.4. The van der Waals surface area contributed by atoms with Crippen LogP contribution in [0.3, 0.4) is 0 Å². The molecule has 2 aromatic heterocycles. The third kappa shape index (κ3) is 6.13. The second-order valence-electron chi connectivity index (χ2n) is 11.3. The number of furan rings is 1. The molecule has 2 amide bonds. The molecule has 0 saturated carbocycles. The number of thiazole rings is 1. The van der Waals surface area contributed by atoms with E-state index in [0.29, 0.717) is 58.9 Å². The Kier molecular flexibility index (Phi) is 9.28. The highest BCUT2D eigenvalue weighted by Crippen LogP contribution is 2.45. The Hall–Kier alpha value is -3.32. The van der Waals surface area contributed by atoms with Crippen molar-refractivity contribution in [2.24, 2.45) is 0 Å². The van der Waals surface area contributed by atoms with E-state index in [9.17, 15) is 14.4 Å². The Balaban J connectivity index is 1.23. The number of nitrogens with zero attached hydrogens (tertiary/aromatic N) is 3. The molecule has 45 heavy (non-hydrogen) atoms. The van der Waals surface area contributed by atoms with Gasteiger partial charge in [0.1, 0.15) is 18.4 Å². The van der Waals surface area contributed by atoms with E-state index in [2.05, 4.69) is 10.3 Å². The van der Waals surface area contributed by atoms with Crippen molar-refractivity contribution in [2.75, 3.05) is 39.2 Å². The summed E-state index contributed by atoms with van der Waals surface area (Å²) in [4.78, 5) is 44.9. The van der Waals surface area contributed by atoms with Gasteiger partial charge in [-0.25, -0.2) is 9.78 Å². The zero-order valence-corrected chi connectivity index (χ0v) is 27.2. The van der Waals surface area contributed by atoms with Crippen LogP contribution in [0.4, 0.5) is 5.69 Å². The van der Waals surface area contributed by atoms with Crippen LogP contribution in [0, 0.1) is 0 Å². The van der Waals surface area contributed by atoms with Crippen LogP contribution in [-0.4, -0.2) is 72.3 Å². The number of rotatable bonds is 10. The van der Waals surface area contributed by atoms with Crippen LogP contribution in [0.25, 0.3) is 11.0 Å². The number of esters is 1. The Bertz CT molecular complexity index is 1750. The van der Waals surface area contributed by atoms with Gasteiger partial charge in [0, 0.05) is 41.4 Å². The number of methoxy groups -OCH3 is 2. The minimum absolute atomic E-state index is 0.0158. The molecule has 13 heteroatoms. The van der Waals surface area contributed by atoms with Crippen molar-refractivity contribution in [1.29, 1.82) is 0 Å². The average molecular weight is 673 g/mol. The van der Waals surface area contributed by atoms with E-state index >= 15 is 0 Å². The maximum absolute atomic E-state index is 14.4. The van der Waals surface area contributed by atoms with Gasteiger partial charge in [-0.15, -0.1) is 16.3 Å². The second kappa shape index (κ2) is 13.2. The van der Waals surface area contributed by atoms with Gasteiger partial charge in [0.2, 0.25) is 0 Å². The fourth-order valence-corrected chi connectivity index (χ4v) is 7.81. The van der Waals surface area contributed by atoms with E-state index in [1.807, 2.05) is 18.2 Å². The molecule has 2 aliphatic rings. The normalized spacial score (nSPS) is 20.3. The Morgan fingerprint density at radius 1 is 1.16 bits per heavy atom. The third-order valence-corrected chi connectivity index (χ3v) is 10.5. The second-order valence-corrected chi connectivity index (χ2v) is 13.2. The van der Waals surface area contributed by atoms with Crippen molar-refractivity contribution >= 4 is 69.0 Å². The number of ether oxygens (including phenoxy) is 2. The summed E-state index contributed by atoms with van der Waals surface area (Å²) < 4.78 is 16.0. The molecule has 4 heterocycles. The number of aromatic nitrogens is 1. The van der Waals surface area contributed by atoms with Crippen LogP contribution in [0.15, 0.2) is 53.3 Å². The molecule has 0 radical (unpaired) electrons. The van der Waals surface area contributed by atoms with Gasteiger partial charge in [0.25, 0.3) is 5.91 Å². The lowest BCUT2D eigenvalue weighted by Gasteiger charge is -2.50. The fourth-order valence-electron chi connectivity index (χ4n) is 6.24. The van der Waals surface area contributed by atoms with Crippen LogP contribution in [0.5, 0.6) is 0 Å². The molecule has 1 unspecified atom stereocenters. The largest absolute Gasteiger partial charge is 0.469 e. The lowest BCUT2D eigenvalue weighted by Crippen LogP contribution is -2.71. The number of anilines is 1. The first-order valence-corrected chi connectivity index (χ1v) is 16.3. The van der Waals surface area contributed by atoms with Crippen molar-refractivity contribution in [2.45, 2.75) is 44.2 Å². The van der Waals surface area contributed by atoms with Crippen LogP contribution in [0.2, 0.25) is 10.0 Å². The van der Waals surface area contributed by atoms with Crippen molar-refractivity contribution < 1.29 is 32.9 Å². The van der Waals surface area contributed by atoms with Crippen molar-refractivity contribution in [1.82, 2.24) is 9.99 Å². The smallest absolute Gasteiger partial charge is 0.337 e. The number of nitrogens with one attached hydrogen (secondary N) is 1. The summed E-state index contributed by atoms with van der Waals surface area (Å²) in [5.41, 5.74) is 1.89. The number of likely N-dealkylation sites (tertiary alicyclic amines) is 1. The van der Waals surface area contributed by atoms with Crippen LogP contribution in [-0.2, 0) is 31.9 Å². The molecule has 2 saturated heterocycles.